The van der Waals surface area contributed by atoms with Crippen LogP contribution in [-0.2, 0) is 14.3 Å². The molecule has 0 aromatic heterocycles. The highest BCUT2D eigenvalue weighted by atomic mass is 16.5. The van der Waals surface area contributed by atoms with Crippen LogP contribution in [0.1, 0.15) is 220 Å². The lowest BCUT2D eigenvalue weighted by Gasteiger charge is -2.20. The SMILES string of the molecule is CCCCCCCCCCCCCCCCCC(=O)OC(C)C(CCCCCCCCCCCCCCCC)C(=O)O. The Kier molecular flexibility index (Phi) is 32.0. The number of rotatable bonds is 34. The Morgan fingerprint density at radius 1 is 0.476 bits per heavy atom. The maximum absolute atomic E-state index is 12.3. The van der Waals surface area contributed by atoms with E-state index in [4.69, 9.17) is 4.74 Å². The average Bonchev–Trinajstić information content (AvgIpc) is 2.96. The predicted octanol–water partition coefficient (Wildman–Crippen LogP) is 12.8. The first kappa shape index (κ1) is 40.9. The van der Waals surface area contributed by atoms with Crippen molar-refractivity contribution in [2.24, 2.45) is 5.92 Å². The molecule has 4 nitrogen and oxygen atoms in total. The molecule has 0 heterocycles. The highest BCUT2D eigenvalue weighted by molar-refractivity contribution is 5.73. The lowest BCUT2D eigenvalue weighted by Crippen LogP contribution is -2.30. The number of aliphatic carboxylic acids is 1. The maximum Gasteiger partial charge on any atom is 0.310 e. The second-order valence-corrected chi connectivity index (χ2v) is 13.2. The summed E-state index contributed by atoms with van der Waals surface area (Å²) in [6.45, 7) is 6.30. The molecule has 2 atom stereocenters. The van der Waals surface area contributed by atoms with Gasteiger partial charge in [-0.3, -0.25) is 9.59 Å². The van der Waals surface area contributed by atoms with Gasteiger partial charge in [-0.05, 0) is 19.8 Å². The fourth-order valence-electron chi connectivity index (χ4n) is 6.11. The van der Waals surface area contributed by atoms with E-state index in [-0.39, 0.29) is 5.97 Å². The van der Waals surface area contributed by atoms with Crippen molar-refractivity contribution in [3.63, 3.8) is 0 Å². The molecule has 0 aromatic rings. The summed E-state index contributed by atoms with van der Waals surface area (Å²) in [6.07, 6.45) is 38.0. The minimum Gasteiger partial charge on any atom is -0.481 e. The van der Waals surface area contributed by atoms with Gasteiger partial charge >= 0.3 is 11.9 Å². The fraction of sp³-hybridized carbons (Fsp3) is 0.947. The lowest BCUT2D eigenvalue weighted by atomic mass is 9.95. The van der Waals surface area contributed by atoms with Crippen LogP contribution in [0, 0.1) is 5.92 Å². The van der Waals surface area contributed by atoms with Crippen LogP contribution >= 0.6 is 0 Å². The second kappa shape index (κ2) is 32.8. The third kappa shape index (κ3) is 29.0. The first-order valence-electron chi connectivity index (χ1n) is 18.9. The van der Waals surface area contributed by atoms with E-state index in [1.165, 1.54) is 161 Å². The number of carboxylic acid groups (broad SMARTS) is 1. The Morgan fingerprint density at radius 3 is 1.07 bits per heavy atom. The number of carbonyl (C=O) groups is 2. The van der Waals surface area contributed by atoms with E-state index in [9.17, 15) is 14.7 Å². The van der Waals surface area contributed by atoms with Gasteiger partial charge in [-0.1, -0.05) is 194 Å². The standard InChI is InChI=1S/C38H74O4/c1-4-6-8-10-12-14-16-18-20-22-24-26-28-30-32-34-37(39)42-35(3)36(38(40)41)33-31-29-27-25-23-21-19-17-15-13-11-9-7-5-2/h35-36H,4-34H2,1-3H3,(H,40,41). The van der Waals surface area contributed by atoms with Crippen LogP contribution in [0.3, 0.4) is 0 Å². The van der Waals surface area contributed by atoms with Crippen molar-refractivity contribution in [2.45, 2.75) is 226 Å². The topological polar surface area (TPSA) is 63.6 Å². The number of unbranched alkanes of at least 4 members (excludes halogenated alkanes) is 27. The predicted molar refractivity (Wildman–Crippen MR) is 181 cm³/mol. The number of ether oxygens (including phenoxy) is 1. The van der Waals surface area contributed by atoms with Crippen LogP contribution in [0.5, 0.6) is 0 Å². The molecule has 0 saturated carbocycles. The molecule has 0 aliphatic rings. The molecule has 1 N–H and O–H groups in total. The van der Waals surface area contributed by atoms with Gasteiger partial charge in [0.15, 0.2) is 0 Å². The molecule has 42 heavy (non-hydrogen) atoms. The summed E-state index contributed by atoms with van der Waals surface area (Å²) in [7, 11) is 0. The summed E-state index contributed by atoms with van der Waals surface area (Å²) in [5.41, 5.74) is 0. The summed E-state index contributed by atoms with van der Waals surface area (Å²) < 4.78 is 5.54. The van der Waals surface area contributed by atoms with E-state index in [1.807, 2.05) is 0 Å². The Balaban J connectivity index is 3.64. The number of esters is 1. The smallest absolute Gasteiger partial charge is 0.310 e. The molecule has 250 valence electrons. The van der Waals surface area contributed by atoms with E-state index in [0.29, 0.717) is 12.8 Å². The largest absolute Gasteiger partial charge is 0.481 e. The quantitative estimate of drug-likeness (QED) is 0.0594. The van der Waals surface area contributed by atoms with Crippen LogP contribution < -0.4 is 0 Å². The van der Waals surface area contributed by atoms with Crippen molar-refractivity contribution in [3.8, 4) is 0 Å². The first-order chi connectivity index (χ1) is 20.5. The van der Waals surface area contributed by atoms with Gasteiger partial charge in [0.2, 0.25) is 0 Å². The third-order valence-electron chi connectivity index (χ3n) is 9.05. The van der Waals surface area contributed by atoms with Crippen molar-refractivity contribution in [1.29, 1.82) is 0 Å². The Hall–Kier alpha value is -1.06. The van der Waals surface area contributed by atoms with E-state index < -0.39 is 18.0 Å². The highest BCUT2D eigenvalue weighted by Gasteiger charge is 2.27. The third-order valence-corrected chi connectivity index (χ3v) is 9.05. The lowest BCUT2D eigenvalue weighted by molar-refractivity contribution is -0.158. The number of hydrogen-bond acceptors (Lipinski definition) is 3. The number of carboxylic acids is 1. The number of carbonyl (C=O) groups excluding carboxylic acids is 1. The van der Waals surface area contributed by atoms with Crippen LogP contribution in [0.25, 0.3) is 0 Å². The van der Waals surface area contributed by atoms with Gasteiger partial charge in [0.1, 0.15) is 6.10 Å². The molecule has 0 saturated heterocycles. The summed E-state index contributed by atoms with van der Waals surface area (Å²) in [4.78, 5) is 24.1. The molecular weight excluding hydrogens is 520 g/mol. The van der Waals surface area contributed by atoms with E-state index in [1.54, 1.807) is 6.92 Å². The Bertz CT molecular complexity index is 575. The van der Waals surface area contributed by atoms with Crippen LogP contribution in [-0.4, -0.2) is 23.1 Å². The van der Waals surface area contributed by atoms with E-state index >= 15 is 0 Å². The Morgan fingerprint density at radius 2 is 0.762 bits per heavy atom. The summed E-state index contributed by atoms with van der Waals surface area (Å²) in [6, 6.07) is 0. The minimum atomic E-state index is -0.836. The molecule has 0 radical (unpaired) electrons. The minimum absolute atomic E-state index is 0.232. The second-order valence-electron chi connectivity index (χ2n) is 13.2. The first-order valence-corrected chi connectivity index (χ1v) is 18.9. The molecule has 0 amide bonds. The van der Waals surface area contributed by atoms with Crippen molar-refractivity contribution < 1.29 is 19.4 Å². The molecule has 2 unspecified atom stereocenters. The normalized spacial score (nSPS) is 12.8. The van der Waals surface area contributed by atoms with Crippen LogP contribution in [0.15, 0.2) is 0 Å². The van der Waals surface area contributed by atoms with Gasteiger partial charge in [-0.15, -0.1) is 0 Å². The van der Waals surface area contributed by atoms with Crippen molar-refractivity contribution in [1.82, 2.24) is 0 Å². The summed E-state index contributed by atoms with van der Waals surface area (Å²) >= 11 is 0. The summed E-state index contributed by atoms with van der Waals surface area (Å²) in [5.74, 6) is -1.66. The molecule has 4 heteroatoms. The van der Waals surface area contributed by atoms with Crippen LogP contribution in [0.2, 0.25) is 0 Å². The summed E-state index contributed by atoms with van der Waals surface area (Å²) in [5, 5.41) is 9.69. The zero-order chi connectivity index (χ0) is 30.9. The maximum atomic E-state index is 12.3. The molecule has 0 aromatic carbocycles. The van der Waals surface area contributed by atoms with Gasteiger partial charge in [0, 0.05) is 6.42 Å². The van der Waals surface area contributed by atoms with Gasteiger partial charge in [-0.25, -0.2) is 0 Å². The Labute approximate surface area is 262 Å². The van der Waals surface area contributed by atoms with Gasteiger partial charge in [0.05, 0.1) is 5.92 Å². The highest BCUT2D eigenvalue weighted by Crippen LogP contribution is 2.20. The van der Waals surface area contributed by atoms with Gasteiger partial charge in [-0.2, -0.15) is 0 Å². The van der Waals surface area contributed by atoms with E-state index in [2.05, 4.69) is 13.8 Å². The van der Waals surface area contributed by atoms with Crippen molar-refractivity contribution in [3.05, 3.63) is 0 Å². The molecule has 0 aliphatic heterocycles. The average molecular weight is 595 g/mol. The zero-order valence-corrected chi connectivity index (χ0v) is 28.7. The van der Waals surface area contributed by atoms with Crippen LogP contribution in [0.4, 0.5) is 0 Å². The monoisotopic (exact) mass is 595 g/mol. The molecule has 0 aliphatic carbocycles. The van der Waals surface area contributed by atoms with E-state index in [0.717, 1.165) is 25.7 Å². The van der Waals surface area contributed by atoms with Crippen molar-refractivity contribution in [2.75, 3.05) is 0 Å². The molecule has 0 spiro atoms. The molecule has 0 bridgehead atoms. The molecule has 0 rings (SSSR count). The van der Waals surface area contributed by atoms with Gasteiger partial charge < -0.3 is 9.84 Å². The number of hydrogen-bond donors (Lipinski definition) is 1. The molecular formula is C38H74O4. The zero-order valence-electron chi connectivity index (χ0n) is 28.7. The molecule has 0 fully saturated rings. The fourth-order valence-corrected chi connectivity index (χ4v) is 6.11. The van der Waals surface area contributed by atoms with Crippen molar-refractivity contribution >= 4 is 11.9 Å². The van der Waals surface area contributed by atoms with Gasteiger partial charge in [0.25, 0.3) is 0 Å².